The third-order valence-corrected chi connectivity index (χ3v) is 7.28. The second-order valence-corrected chi connectivity index (χ2v) is 10.9. The maximum atomic E-state index is 14.6. The van der Waals surface area contributed by atoms with Gasteiger partial charge in [-0.25, -0.2) is 23.1 Å². The molecule has 1 fully saturated rings. The van der Waals surface area contributed by atoms with E-state index in [-0.39, 0.29) is 43.7 Å². The number of aliphatic hydroxyl groups is 1. The van der Waals surface area contributed by atoms with Crippen LogP contribution in [-0.4, -0.2) is 54.5 Å². The Morgan fingerprint density at radius 2 is 2.06 bits per heavy atom. The molecule has 1 aromatic carbocycles. The summed E-state index contributed by atoms with van der Waals surface area (Å²) in [6.07, 6.45) is 0.906. The van der Waals surface area contributed by atoms with Gasteiger partial charge >= 0.3 is 0 Å². The van der Waals surface area contributed by atoms with Crippen LogP contribution in [0.3, 0.4) is 0 Å². The molecule has 2 aliphatic heterocycles. The molecule has 32 heavy (non-hydrogen) atoms. The molecule has 0 spiro atoms. The lowest BCUT2D eigenvalue weighted by atomic mass is 9.87. The summed E-state index contributed by atoms with van der Waals surface area (Å²) in [5.41, 5.74) is 0.890. The van der Waals surface area contributed by atoms with E-state index in [1.807, 2.05) is 0 Å². The Balaban J connectivity index is 1.57. The maximum absolute atomic E-state index is 14.6. The van der Waals surface area contributed by atoms with Crippen molar-refractivity contribution in [2.45, 2.75) is 50.3 Å². The molecule has 1 saturated heterocycles. The molecule has 11 heteroatoms. The van der Waals surface area contributed by atoms with Crippen LogP contribution in [0.5, 0.6) is 5.75 Å². The minimum Gasteiger partial charge on any atom is -0.491 e. The smallest absolute Gasteiger partial charge is 0.290 e. The Morgan fingerprint density at radius 1 is 1.31 bits per heavy atom. The summed E-state index contributed by atoms with van der Waals surface area (Å²) >= 11 is 0. The number of ether oxygens (including phenoxy) is 1. The Bertz CT molecular complexity index is 1220. The van der Waals surface area contributed by atoms with Crippen molar-refractivity contribution in [2.75, 3.05) is 24.3 Å². The van der Waals surface area contributed by atoms with Crippen LogP contribution in [0.15, 0.2) is 18.2 Å². The maximum Gasteiger partial charge on any atom is 0.290 e. The Morgan fingerprint density at radius 3 is 2.72 bits per heavy atom. The van der Waals surface area contributed by atoms with Gasteiger partial charge in [-0.05, 0) is 26.3 Å². The van der Waals surface area contributed by atoms with Gasteiger partial charge in [0.2, 0.25) is 16.0 Å². The van der Waals surface area contributed by atoms with Crippen LogP contribution in [0.1, 0.15) is 43.1 Å². The lowest BCUT2D eigenvalue weighted by molar-refractivity contribution is -0.0113. The predicted octanol–water partition coefficient (Wildman–Crippen LogP) is 2.12. The number of benzene rings is 1. The molecule has 0 bridgehead atoms. The number of hydrogen-bond acceptors (Lipinski definition) is 7. The minimum absolute atomic E-state index is 0.150. The number of rotatable bonds is 4. The summed E-state index contributed by atoms with van der Waals surface area (Å²) in [6, 6.07) is 4.36. The summed E-state index contributed by atoms with van der Waals surface area (Å²) in [5, 5.41) is 10.3. The second kappa shape index (κ2) is 6.82. The van der Waals surface area contributed by atoms with Crippen LogP contribution in [-0.2, 0) is 22.4 Å². The van der Waals surface area contributed by atoms with E-state index in [4.69, 9.17) is 4.74 Å². The van der Waals surface area contributed by atoms with E-state index < -0.39 is 27.6 Å². The van der Waals surface area contributed by atoms with E-state index in [1.165, 1.54) is 0 Å². The lowest BCUT2D eigenvalue weighted by Gasteiger charge is -2.51. The van der Waals surface area contributed by atoms with Crippen molar-refractivity contribution >= 4 is 16.0 Å². The highest BCUT2D eigenvalue weighted by Gasteiger charge is 2.48. The first-order valence-electron chi connectivity index (χ1n) is 10.4. The molecule has 8 nitrogen and oxygen atoms in total. The van der Waals surface area contributed by atoms with Crippen LogP contribution in [0.4, 0.5) is 14.7 Å². The van der Waals surface area contributed by atoms with Gasteiger partial charge in [0.1, 0.15) is 18.1 Å². The first-order valence-corrected chi connectivity index (χ1v) is 12.3. The fourth-order valence-corrected chi connectivity index (χ4v) is 5.29. The van der Waals surface area contributed by atoms with Crippen molar-refractivity contribution in [3.05, 3.63) is 35.0 Å². The molecular formula is C21H24F2N4O4S. The third kappa shape index (κ3) is 3.43. The van der Waals surface area contributed by atoms with E-state index in [2.05, 4.69) is 14.7 Å². The standard InChI is InChI=1S/C21H24F2N4O4S/c1-11-20(2,28)10-27(11)19-24-17(14-6-7-21(22,23)18(14)25-19)12-4-5-13-15(26-32(3,29)30)9-31-16(13)8-12/h4-5,8,11,15,26,28H,6-7,9-10H2,1-3H3/t11-,15-,20+/m0/s1. The normalized spacial score (nSPS) is 28.1. The Hall–Kier alpha value is -2.37. The second-order valence-electron chi connectivity index (χ2n) is 9.07. The molecule has 0 radical (unpaired) electrons. The summed E-state index contributed by atoms with van der Waals surface area (Å²) in [6.45, 7) is 3.90. The Kier molecular flexibility index (Phi) is 4.57. The van der Waals surface area contributed by atoms with Gasteiger partial charge in [-0.15, -0.1) is 0 Å². The first kappa shape index (κ1) is 21.5. The van der Waals surface area contributed by atoms with E-state index >= 15 is 0 Å². The topological polar surface area (TPSA) is 105 Å². The van der Waals surface area contributed by atoms with Crippen molar-refractivity contribution in [1.29, 1.82) is 0 Å². The third-order valence-electron chi connectivity index (χ3n) is 6.57. The summed E-state index contributed by atoms with van der Waals surface area (Å²) in [5.74, 6) is -2.39. The van der Waals surface area contributed by atoms with Gasteiger partial charge in [0, 0.05) is 23.1 Å². The molecule has 5 rings (SSSR count). The highest BCUT2D eigenvalue weighted by atomic mass is 32.2. The fraction of sp³-hybridized carbons (Fsp3) is 0.524. The number of hydrogen-bond donors (Lipinski definition) is 2. The van der Waals surface area contributed by atoms with E-state index in [1.54, 1.807) is 36.9 Å². The number of aromatic nitrogens is 2. The Labute approximate surface area is 184 Å². The van der Waals surface area contributed by atoms with Gasteiger partial charge in [0.25, 0.3) is 5.92 Å². The van der Waals surface area contributed by atoms with Gasteiger partial charge in [0.15, 0.2) is 0 Å². The summed E-state index contributed by atoms with van der Waals surface area (Å²) in [7, 11) is -3.42. The van der Waals surface area contributed by atoms with Crippen LogP contribution in [0.2, 0.25) is 0 Å². The molecular weight excluding hydrogens is 442 g/mol. The van der Waals surface area contributed by atoms with E-state index in [9.17, 15) is 22.3 Å². The quantitative estimate of drug-likeness (QED) is 0.711. The van der Waals surface area contributed by atoms with Crippen molar-refractivity contribution in [2.24, 2.45) is 0 Å². The molecule has 2 aromatic rings. The number of fused-ring (bicyclic) bond motifs is 2. The molecule has 2 N–H and O–H groups in total. The zero-order chi connectivity index (χ0) is 23.1. The zero-order valence-electron chi connectivity index (χ0n) is 17.9. The van der Waals surface area contributed by atoms with Crippen LogP contribution < -0.4 is 14.4 Å². The number of sulfonamides is 1. The molecule has 172 valence electrons. The number of alkyl halides is 2. The molecule has 3 atom stereocenters. The van der Waals surface area contributed by atoms with E-state index in [0.717, 1.165) is 6.26 Å². The molecule has 3 aliphatic rings. The molecule has 1 aliphatic carbocycles. The van der Waals surface area contributed by atoms with Gasteiger partial charge in [-0.2, -0.15) is 8.78 Å². The number of anilines is 1. The van der Waals surface area contributed by atoms with Crippen molar-refractivity contribution in [1.82, 2.24) is 14.7 Å². The number of halogens is 2. The van der Waals surface area contributed by atoms with Gasteiger partial charge < -0.3 is 14.7 Å². The van der Waals surface area contributed by atoms with Crippen LogP contribution in [0, 0.1) is 0 Å². The van der Waals surface area contributed by atoms with Crippen molar-refractivity contribution in [3.63, 3.8) is 0 Å². The van der Waals surface area contributed by atoms with Crippen molar-refractivity contribution in [3.8, 4) is 17.0 Å². The first-order chi connectivity index (χ1) is 14.9. The lowest BCUT2D eigenvalue weighted by Crippen LogP contribution is -2.67. The van der Waals surface area contributed by atoms with Crippen molar-refractivity contribution < 1.29 is 27.0 Å². The van der Waals surface area contributed by atoms with Gasteiger partial charge in [-0.3, -0.25) is 0 Å². The fourth-order valence-electron chi connectivity index (χ4n) is 4.57. The highest BCUT2D eigenvalue weighted by molar-refractivity contribution is 7.88. The van der Waals surface area contributed by atoms with Crippen LogP contribution in [0.25, 0.3) is 11.3 Å². The SMILES string of the molecule is C[C@@H]1N(c2nc(-c3ccc4c(c3)OC[C@@H]4NS(C)(=O)=O)c3c(n2)C(F)(F)CC3)C[C@@]1(C)O. The van der Waals surface area contributed by atoms with Crippen LogP contribution >= 0.6 is 0 Å². The number of β-amino-alcohol motifs (C(OH)–C–C–N with tert-alkyl or cyclic N) is 1. The molecule has 3 heterocycles. The van der Waals surface area contributed by atoms with Gasteiger partial charge in [-0.1, -0.05) is 12.1 Å². The average molecular weight is 467 g/mol. The minimum atomic E-state index is -3.42. The monoisotopic (exact) mass is 466 g/mol. The molecule has 1 aromatic heterocycles. The molecule has 0 amide bonds. The van der Waals surface area contributed by atoms with Gasteiger partial charge in [0.05, 0.1) is 36.2 Å². The number of nitrogens with zero attached hydrogens (tertiary/aromatic N) is 3. The molecule has 0 saturated carbocycles. The van der Waals surface area contributed by atoms with E-state index in [0.29, 0.717) is 28.1 Å². The number of nitrogens with one attached hydrogen (secondary N) is 1. The molecule has 0 unspecified atom stereocenters. The average Bonchev–Trinajstić information content (AvgIpc) is 3.24. The zero-order valence-corrected chi connectivity index (χ0v) is 18.7. The summed E-state index contributed by atoms with van der Waals surface area (Å²) < 4.78 is 60.7. The highest BCUT2D eigenvalue weighted by Crippen LogP contribution is 2.46. The largest absolute Gasteiger partial charge is 0.491 e. The predicted molar refractivity (Wildman–Crippen MR) is 113 cm³/mol. The summed E-state index contributed by atoms with van der Waals surface area (Å²) in [4.78, 5) is 10.5.